The second-order valence-electron chi connectivity index (χ2n) is 11.1. The molecule has 0 saturated carbocycles. The maximum Gasteiger partial charge on any atom is 0.0544 e. The summed E-state index contributed by atoms with van der Waals surface area (Å²) < 4.78 is 0. The summed E-state index contributed by atoms with van der Waals surface area (Å²) in [6.07, 6.45) is 0. The van der Waals surface area contributed by atoms with Gasteiger partial charge in [0.1, 0.15) is 0 Å². The van der Waals surface area contributed by atoms with Crippen molar-refractivity contribution in [3.05, 3.63) is 132 Å². The summed E-state index contributed by atoms with van der Waals surface area (Å²) in [6.45, 7) is 4.67. The third-order valence-electron chi connectivity index (χ3n) is 8.62. The molecule has 7 aromatic rings. The van der Waals surface area contributed by atoms with Crippen molar-refractivity contribution in [1.29, 1.82) is 0 Å². The van der Waals surface area contributed by atoms with Crippen LogP contribution in [0.5, 0.6) is 0 Å². The number of nitrogens with one attached hydrogen (secondary N) is 1. The van der Waals surface area contributed by atoms with Gasteiger partial charge in [0.25, 0.3) is 0 Å². The quantitative estimate of drug-likeness (QED) is 0.251. The van der Waals surface area contributed by atoms with Crippen LogP contribution in [0.15, 0.2) is 121 Å². The summed E-state index contributed by atoms with van der Waals surface area (Å²) in [4.78, 5) is 3.80. The Morgan fingerprint density at radius 2 is 1.13 bits per heavy atom. The minimum absolute atomic E-state index is 0.0295. The maximum absolute atomic E-state index is 3.80. The second kappa shape index (κ2) is 7.69. The van der Waals surface area contributed by atoms with Crippen molar-refractivity contribution in [2.45, 2.75) is 19.3 Å². The molecule has 6 aromatic carbocycles. The molecule has 0 bridgehead atoms. The van der Waals surface area contributed by atoms with Crippen LogP contribution >= 0.6 is 0 Å². The van der Waals surface area contributed by atoms with Crippen LogP contribution in [0.3, 0.4) is 0 Å². The Labute approximate surface area is 222 Å². The molecule has 8 rings (SSSR count). The van der Waals surface area contributed by atoms with E-state index < -0.39 is 0 Å². The number of benzene rings is 6. The number of hydrogen-bond acceptors (Lipinski definition) is 0. The van der Waals surface area contributed by atoms with Crippen molar-refractivity contribution in [2.75, 3.05) is 0 Å². The van der Waals surface area contributed by atoms with Gasteiger partial charge in [-0.1, -0.05) is 123 Å². The molecule has 1 heterocycles. The lowest BCUT2D eigenvalue weighted by atomic mass is 9.82. The van der Waals surface area contributed by atoms with Gasteiger partial charge in [-0.3, -0.25) is 0 Å². The Bertz CT molecular complexity index is 2050. The van der Waals surface area contributed by atoms with Gasteiger partial charge in [-0.25, -0.2) is 0 Å². The average molecular weight is 486 g/mol. The Morgan fingerprint density at radius 3 is 2.08 bits per heavy atom. The van der Waals surface area contributed by atoms with Crippen molar-refractivity contribution in [2.24, 2.45) is 0 Å². The molecule has 0 unspecified atom stereocenters. The van der Waals surface area contributed by atoms with Crippen LogP contribution in [0.4, 0.5) is 0 Å². The van der Waals surface area contributed by atoms with Crippen molar-refractivity contribution in [3.63, 3.8) is 0 Å². The van der Waals surface area contributed by atoms with E-state index in [9.17, 15) is 0 Å². The van der Waals surface area contributed by atoms with Gasteiger partial charge in [0.05, 0.1) is 11.0 Å². The second-order valence-corrected chi connectivity index (χ2v) is 11.1. The molecular weight excluding hydrogens is 458 g/mol. The van der Waals surface area contributed by atoms with Crippen molar-refractivity contribution in [3.8, 4) is 33.4 Å². The Hall–Kier alpha value is -4.62. The number of hydrogen-bond donors (Lipinski definition) is 1. The zero-order valence-corrected chi connectivity index (χ0v) is 21.5. The monoisotopic (exact) mass is 485 g/mol. The molecule has 1 heteroatoms. The fourth-order valence-corrected chi connectivity index (χ4v) is 6.67. The number of H-pyrrole nitrogens is 1. The highest BCUT2D eigenvalue weighted by atomic mass is 14.7. The molecular formula is C37H27N. The number of rotatable bonds is 2. The molecule has 1 aliphatic rings. The maximum atomic E-state index is 3.80. The molecule has 0 atom stereocenters. The van der Waals surface area contributed by atoms with Crippen LogP contribution in [-0.4, -0.2) is 4.98 Å². The lowest BCUT2D eigenvalue weighted by Crippen LogP contribution is -2.14. The molecule has 0 spiro atoms. The summed E-state index contributed by atoms with van der Waals surface area (Å²) in [7, 11) is 0. The molecule has 0 saturated heterocycles. The van der Waals surface area contributed by atoms with Gasteiger partial charge < -0.3 is 4.98 Å². The smallest absolute Gasteiger partial charge is 0.0544 e. The number of aromatic amines is 1. The molecule has 0 radical (unpaired) electrons. The third-order valence-corrected chi connectivity index (χ3v) is 8.62. The van der Waals surface area contributed by atoms with E-state index in [1.807, 2.05) is 0 Å². The molecule has 1 aliphatic carbocycles. The molecule has 180 valence electrons. The van der Waals surface area contributed by atoms with Gasteiger partial charge in [-0.15, -0.1) is 0 Å². The van der Waals surface area contributed by atoms with Gasteiger partial charge >= 0.3 is 0 Å². The number of fused-ring (bicyclic) bond motifs is 8. The molecule has 0 aliphatic heterocycles. The van der Waals surface area contributed by atoms with Crippen molar-refractivity contribution in [1.82, 2.24) is 4.98 Å². The lowest BCUT2D eigenvalue weighted by molar-refractivity contribution is 0.660. The van der Waals surface area contributed by atoms with Crippen LogP contribution in [0.2, 0.25) is 0 Å². The van der Waals surface area contributed by atoms with Crippen molar-refractivity contribution < 1.29 is 0 Å². The fourth-order valence-electron chi connectivity index (χ4n) is 6.67. The summed E-state index contributed by atoms with van der Waals surface area (Å²) in [5, 5.41) is 5.07. The van der Waals surface area contributed by atoms with Crippen LogP contribution in [0.25, 0.3) is 66.0 Å². The summed E-state index contributed by atoms with van der Waals surface area (Å²) in [6, 6.07) is 44.6. The first-order valence-electron chi connectivity index (χ1n) is 13.4. The zero-order chi connectivity index (χ0) is 25.4. The minimum atomic E-state index is 0.0295. The van der Waals surface area contributed by atoms with E-state index in [0.29, 0.717) is 0 Å². The molecule has 0 amide bonds. The Kier molecular flexibility index (Phi) is 4.35. The standard InChI is InChI=1S/C37H27N/c1-37(2)33-16-6-5-13-29(33)32-22-25(18-20-34(32)37)24-10-7-11-26(21-24)28-14-8-15-30-31-19-17-23-9-3-4-12-27(23)35(31)38-36(28)30/h3-22,38H,1-2H3. The Morgan fingerprint density at radius 1 is 0.447 bits per heavy atom. The summed E-state index contributed by atoms with van der Waals surface area (Å²) in [5.74, 6) is 0. The first-order valence-corrected chi connectivity index (χ1v) is 13.4. The van der Waals surface area contributed by atoms with E-state index in [4.69, 9.17) is 0 Å². The third kappa shape index (κ3) is 2.93. The predicted molar refractivity (Wildman–Crippen MR) is 162 cm³/mol. The van der Waals surface area contributed by atoms with Gasteiger partial charge in [0.2, 0.25) is 0 Å². The Balaban J connectivity index is 1.29. The van der Waals surface area contributed by atoms with Gasteiger partial charge in [0.15, 0.2) is 0 Å². The zero-order valence-electron chi connectivity index (χ0n) is 21.5. The number of para-hydroxylation sites is 1. The van der Waals surface area contributed by atoms with Gasteiger partial charge in [0, 0.05) is 27.1 Å². The largest absolute Gasteiger partial charge is 0.353 e. The van der Waals surface area contributed by atoms with Crippen LogP contribution in [-0.2, 0) is 5.41 Å². The van der Waals surface area contributed by atoms with Crippen molar-refractivity contribution >= 4 is 32.6 Å². The average Bonchev–Trinajstić information content (AvgIpc) is 3.46. The SMILES string of the molecule is CC1(C)c2ccccc2-c2cc(-c3cccc(-c4cccc5c4[nH]c4c6ccccc6ccc54)c3)ccc21. The van der Waals surface area contributed by atoms with Gasteiger partial charge in [-0.05, 0) is 56.5 Å². The van der Waals surface area contributed by atoms with E-state index in [0.717, 1.165) is 0 Å². The highest BCUT2D eigenvalue weighted by molar-refractivity contribution is 6.19. The summed E-state index contributed by atoms with van der Waals surface area (Å²) >= 11 is 0. The van der Waals surface area contributed by atoms with E-state index in [2.05, 4.69) is 140 Å². The molecule has 1 aromatic heterocycles. The molecule has 1 nitrogen and oxygen atoms in total. The lowest BCUT2D eigenvalue weighted by Gasteiger charge is -2.21. The summed E-state index contributed by atoms with van der Waals surface area (Å²) in [5.41, 5.74) is 12.9. The first-order chi connectivity index (χ1) is 18.6. The van der Waals surface area contributed by atoms with Crippen LogP contribution < -0.4 is 0 Å². The van der Waals surface area contributed by atoms with E-state index in [-0.39, 0.29) is 5.41 Å². The first kappa shape index (κ1) is 21.5. The van der Waals surface area contributed by atoms with Crippen LogP contribution in [0, 0.1) is 0 Å². The predicted octanol–water partition coefficient (Wildman–Crippen LogP) is 10.1. The minimum Gasteiger partial charge on any atom is -0.353 e. The van der Waals surface area contributed by atoms with E-state index >= 15 is 0 Å². The fraction of sp³-hybridized carbons (Fsp3) is 0.0811. The molecule has 38 heavy (non-hydrogen) atoms. The number of aromatic nitrogens is 1. The molecule has 0 fully saturated rings. The highest BCUT2D eigenvalue weighted by Crippen LogP contribution is 2.49. The van der Waals surface area contributed by atoms with Gasteiger partial charge in [-0.2, -0.15) is 0 Å². The van der Waals surface area contributed by atoms with E-state index in [1.165, 1.54) is 77.1 Å². The normalized spacial score (nSPS) is 13.7. The molecule has 1 N–H and O–H groups in total. The van der Waals surface area contributed by atoms with Crippen LogP contribution in [0.1, 0.15) is 25.0 Å². The topological polar surface area (TPSA) is 15.8 Å². The van der Waals surface area contributed by atoms with E-state index in [1.54, 1.807) is 0 Å². The highest BCUT2D eigenvalue weighted by Gasteiger charge is 2.35.